The summed E-state index contributed by atoms with van der Waals surface area (Å²) >= 11 is 7.18. The summed E-state index contributed by atoms with van der Waals surface area (Å²) in [5, 5.41) is 10.4. The predicted octanol–water partition coefficient (Wildman–Crippen LogP) is 6.93. The van der Waals surface area contributed by atoms with E-state index in [0.717, 1.165) is 18.0 Å². The number of alkyl halides is 3. The lowest BCUT2D eigenvalue weighted by atomic mass is 9.80. The van der Waals surface area contributed by atoms with Crippen LogP contribution < -0.4 is 9.62 Å². The zero-order chi connectivity index (χ0) is 26.1. The zero-order valence-corrected chi connectivity index (χ0v) is 21.1. The molecule has 1 aromatic carbocycles. The van der Waals surface area contributed by atoms with Crippen LogP contribution in [0, 0.1) is 12.3 Å². The van der Waals surface area contributed by atoms with E-state index in [9.17, 15) is 23.1 Å². The molecule has 0 amide bonds. The second-order valence-corrected chi connectivity index (χ2v) is 10.2. The molecule has 0 aliphatic carbocycles. The van der Waals surface area contributed by atoms with Crippen molar-refractivity contribution in [2.24, 2.45) is 5.41 Å². The lowest BCUT2D eigenvalue weighted by Gasteiger charge is -2.37. The van der Waals surface area contributed by atoms with Crippen molar-refractivity contribution in [2.75, 3.05) is 22.7 Å². The minimum absolute atomic E-state index is 0.204. The predicted molar refractivity (Wildman–Crippen MR) is 135 cm³/mol. The Labute approximate surface area is 216 Å². The summed E-state index contributed by atoms with van der Waals surface area (Å²) in [5.41, 5.74) is -0.858. The van der Waals surface area contributed by atoms with Crippen molar-refractivity contribution in [3.63, 3.8) is 0 Å². The highest BCUT2D eigenvalue weighted by Gasteiger charge is 2.37. The molecule has 2 aromatic heterocycles. The van der Waals surface area contributed by atoms with E-state index in [-0.39, 0.29) is 11.5 Å². The van der Waals surface area contributed by atoms with Gasteiger partial charge in [0.05, 0.1) is 16.7 Å². The first kappa shape index (κ1) is 26.1. The largest absolute Gasteiger partial charge is 0.481 e. The molecule has 0 saturated carbocycles. The lowest BCUT2D eigenvalue weighted by molar-refractivity contribution is -0.149. The fourth-order valence-corrected chi connectivity index (χ4v) is 4.76. The van der Waals surface area contributed by atoms with E-state index in [0.29, 0.717) is 52.9 Å². The summed E-state index contributed by atoms with van der Waals surface area (Å²) in [4.78, 5) is 22.4. The van der Waals surface area contributed by atoms with Gasteiger partial charge in [0.2, 0.25) is 0 Å². The number of aliphatic carboxylic acids is 1. The van der Waals surface area contributed by atoms with Crippen molar-refractivity contribution in [2.45, 2.75) is 37.9 Å². The summed E-state index contributed by atoms with van der Waals surface area (Å²) in [6, 6.07) is 12.5. The number of aromatic nitrogens is 2. The van der Waals surface area contributed by atoms with Gasteiger partial charge in [0, 0.05) is 35.6 Å². The van der Waals surface area contributed by atoms with Crippen LogP contribution >= 0.6 is 23.5 Å². The Morgan fingerprint density at radius 1 is 1.14 bits per heavy atom. The van der Waals surface area contributed by atoms with Crippen LogP contribution in [0.5, 0.6) is 0 Å². The summed E-state index contributed by atoms with van der Waals surface area (Å²) in [6.07, 6.45) is -3.55. The molecule has 0 radical (unpaired) electrons. The molecule has 2 N–H and O–H groups in total. The smallest absolute Gasteiger partial charge is 0.418 e. The van der Waals surface area contributed by atoms with Crippen LogP contribution in [0.4, 0.5) is 24.8 Å². The van der Waals surface area contributed by atoms with Crippen LogP contribution in [-0.4, -0.2) is 34.1 Å². The van der Waals surface area contributed by atoms with Crippen molar-refractivity contribution in [1.82, 2.24) is 9.97 Å². The first-order valence-electron chi connectivity index (χ1n) is 11.2. The first-order chi connectivity index (χ1) is 17.0. The van der Waals surface area contributed by atoms with E-state index in [2.05, 4.69) is 14.7 Å². The van der Waals surface area contributed by atoms with Gasteiger partial charge in [-0.3, -0.25) is 4.79 Å². The fourth-order valence-electron chi connectivity index (χ4n) is 3.98. The highest BCUT2D eigenvalue weighted by atomic mass is 35.5. The van der Waals surface area contributed by atoms with Gasteiger partial charge in [0.1, 0.15) is 16.7 Å². The maximum absolute atomic E-state index is 13.7. The SMILES string of the molecule is Cc1ccc(Cl)cc1-c1nc(NSc2cccc(N3CCC(C)(C(=O)O)CC3)n2)ccc1C(F)(F)F. The Bertz CT molecular complexity index is 1280. The van der Waals surface area contributed by atoms with Gasteiger partial charge in [-0.25, -0.2) is 9.97 Å². The average molecular weight is 537 g/mol. The molecule has 1 saturated heterocycles. The Kier molecular flexibility index (Phi) is 7.38. The van der Waals surface area contributed by atoms with Crippen molar-refractivity contribution < 1.29 is 23.1 Å². The number of halogens is 4. The van der Waals surface area contributed by atoms with E-state index < -0.39 is 23.1 Å². The monoisotopic (exact) mass is 536 g/mol. The van der Waals surface area contributed by atoms with Gasteiger partial charge in [0.15, 0.2) is 0 Å². The van der Waals surface area contributed by atoms with Crippen LogP contribution in [0.15, 0.2) is 53.6 Å². The number of nitrogens with zero attached hydrogens (tertiary/aromatic N) is 3. The van der Waals surface area contributed by atoms with Crippen molar-refractivity contribution in [3.05, 3.63) is 64.7 Å². The Morgan fingerprint density at radius 2 is 1.86 bits per heavy atom. The molecule has 0 spiro atoms. The summed E-state index contributed by atoms with van der Waals surface area (Å²) < 4.78 is 44.1. The van der Waals surface area contributed by atoms with Gasteiger partial charge in [0.25, 0.3) is 0 Å². The highest BCUT2D eigenvalue weighted by Crippen LogP contribution is 2.39. The van der Waals surface area contributed by atoms with E-state index in [1.807, 2.05) is 17.0 Å². The Hall–Kier alpha value is -2.98. The highest BCUT2D eigenvalue weighted by molar-refractivity contribution is 8.00. The van der Waals surface area contributed by atoms with Gasteiger partial charge in [-0.15, -0.1) is 0 Å². The average Bonchev–Trinajstić information content (AvgIpc) is 2.84. The number of aryl methyl sites for hydroxylation is 1. The molecule has 1 aliphatic rings. The van der Waals surface area contributed by atoms with Gasteiger partial charge < -0.3 is 14.7 Å². The molecular formula is C25H24ClF3N4O2S. The summed E-state index contributed by atoms with van der Waals surface area (Å²) in [6.45, 7) is 4.60. The van der Waals surface area contributed by atoms with E-state index in [1.165, 1.54) is 12.1 Å². The number of hydrogen-bond donors (Lipinski definition) is 2. The maximum Gasteiger partial charge on any atom is 0.418 e. The molecule has 6 nitrogen and oxygen atoms in total. The number of nitrogens with one attached hydrogen (secondary N) is 1. The third kappa shape index (κ3) is 5.70. The molecule has 4 rings (SSSR count). The molecule has 11 heteroatoms. The van der Waals surface area contributed by atoms with E-state index in [1.54, 1.807) is 32.0 Å². The number of rotatable bonds is 6. The maximum atomic E-state index is 13.7. The molecule has 1 fully saturated rings. The van der Waals surface area contributed by atoms with E-state index in [4.69, 9.17) is 11.6 Å². The molecule has 0 bridgehead atoms. The third-order valence-corrected chi connectivity index (χ3v) is 7.31. The van der Waals surface area contributed by atoms with Gasteiger partial charge in [-0.05, 0) is 68.7 Å². The molecule has 190 valence electrons. The molecule has 1 aliphatic heterocycles. The summed E-state index contributed by atoms with van der Waals surface area (Å²) in [5.74, 6) is 0.162. The number of pyridine rings is 2. The van der Waals surface area contributed by atoms with Gasteiger partial charge in [-0.1, -0.05) is 23.7 Å². The van der Waals surface area contributed by atoms with E-state index >= 15 is 0 Å². The van der Waals surface area contributed by atoms with Gasteiger partial charge in [-0.2, -0.15) is 13.2 Å². The molecule has 0 atom stereocenters. The second-order valence-electron chi connectivity index (χ2n) is 8.94. The van der Waals surface area contributed by atoms with Gasteiger partial charge >= 0.3 is 12.1 Å². The number of benzene rings is 1. The molecule has 0 unspecified atom stereocenters. The Balaban J connectivity index is 1.53. The Morgan fingerprint density at radius 3 is 2.53 bits per heavy atom. The zero-order valence-electron chi connectivity index (χ0n) is 19.6. The van der Waals surface area contributed by atoms with Crippen molar-refractivity contribution in [3.8, 4) is 11.3 Å². The number of hydrogen-bond acceptors (Lipinski definition) is 6. The minimum atomic E-state index is -4.58. The quantitative estimate of drug-likeness (QED) is 0.330. The topological polar surface area (TPSA) is 78.4 Å². The third-order valence-electron chi connectivity index (χ3n) is 6.33. The van der Waals surface area contributed by atoms with Crippen molar-refractivity contribution in [1.29, 1.82) is 0 Å². The molecular weight excluding hydrogens is 513 g/mol. The lowest BCUT2D eigenvalue weighted by Crippen LogP contribution is -2.43. The van der Waals surface area contributed by atoms with Crippen LogP contribution in [0.25, 0.3) is 11.3 Å². The van der Waals surface area contributed by atoms with Crippen LogP contribution in [0.3, 0.4) is 0 Å². The number of carboxylic acid groups (broad SMARTS) is 1. The number of piperidine rings is 1. The normalized spacial score (nSPS) is 15.6. The van der Waals surface area contributed by atoms with Crippen LogP contribution in [0.2, 0.25) is 5.02 Å². The van der Waals surface area contributed by atoms with Crippen LogP contribution in [0.1, 0.15) is 30.9 Å². The number of carbonyl (C=O) groups is 1. The number of carboxylic acids is 1. The standard InChI is InChI=1S/C25H24ClF3N4O2S/c1-15-6-7-16(26)14-17(15)22-18(25(27,28)29)8-9-19(30-22)32-36-21-5-3-4-20(31-21)33-12-10-24(2,11-13-33)23(34)35/h3-9,14H,10-13H2,1-2H3,(H,30,32)(H,34,35). The molecule has 3 heterocycles. The fraction of sp³-hybridized carbons (Fsp3) is 0.320. The van der Waals surface area contributed by atoms with Crippen molar-refractivity contribution >= 4 is 41.2 Å². The number of anilines is 2. The van der Waals surface area contributed by atoms with Crippen LogP contribution in [-0.2, 0) is 11.0 Å². The minimum Gasteiger partial charge on any atom is -0.481 e. The first-order valence-corrected chi connectivity index (χ1v) is 12.4. The second kappa shape index (κ2) is 10.2. The summed E-state index contributed by atoms with van der Waals surface area (Å²) in [7, 11) is 0. The molecule has 3 aromatic rings. The molecule has 36 heavy (non-hydrogen) atoms.